The van der Waals surface area contributed by atoms with Crippen molar-refractivity contribution in [1.29, 1.82) is 0 Å². The van der Waals surface area contributed by atoms with Crippen LogP contribution in [-0.2, 0) is 0 Å². The molecule has 29 heavy (non-hydrogen) atoms. The normalized spacial score (nSPS) is 11.8. The van der Waals surface area contributed by atoms with E-state index >= 15 is 0 Å². The van der Waals surface area contributed by atoms with E-state index in [4.69, 9.17) is 35.4 Å². The Kier molecular flexibility index (Phi) is 6.58. The molecule has 0 aliphatic heterocycles. The van der Waals surface area contributed by atoms with Gasteiger partial charge in [0.05, 0.1) is 10.0 Å². The predicted octanol–water partition coefficient (Wildman–Crippen LogP) is 5.33. The largest absolute Gasteiger partial charge is 0.867 e. The monoisotopic (exact) mass is 442 g/mol. The standard InChI is InChI=1S/C23H20Cl2N2OS/c1-14-5-4-10-27(13-14)21(22(28)17-7-9-19(24)20(25)12-17)23(29)26-18-8-6-15(2)16(3)11-18/h4-13H,1-3H3,(H-,26,28,29). The zero-order valence-electron chi connectivity index (χ0n) is 16.3. The van der Waals surface area contributed by atoms with E-state index in [0.29, 0.717) is 26.3 Å². The molecule has 6 heteroatoms. The first-order valence-electron chi connectivity index (χ1n) is 9.00. The zero-order chi connectivity index (χ0) is 21.1. The molecule has 0 amide bonds. The highest BCUT2D eigenvalue weighted by molar-refractivity contribution is 7.81. The number of halogens is 2. The summed E-state index contributed by atoms with van der Waals surface area (Å²) in [5.74, 6) is -0.250. The number of rotatable bonds is 4. The fourth-order valence-electron chi connectivity index (χ4n) is 2.85. The molecule has 0 bridgehead atoms. The third kappa shape index (κ3) is 4.96. The van der Waals surface area contributed by atoms with Gasteiger partial charge in [0.1, 0.15) is 0 Å². The fourth-order valence-corrected chi connectivity index (χ4v) is 3.47. The van der Waals surface area contributed by atoms with Crippen LogP contribution in [0.5, 0.6) is 0 Å². The number of pyridine rings is 1. The summed E-state index contributed by atoms with van der Waals surface area (Å²) in [5, 5.41) is 17.3. The smallest absolute Gasteiger partial charge is 0.238 e. The van der Waals surface area contributed by atoms with E-state index < -0.39 is 0 Å². The minimum atomic E-state index is -0.250. The van der Waals surface area contributed by atoms with E-state index in [1.165, 1.54) is 5.56 Å². The number of anilines is 1. The van der Waals surface area contributed by atoms with Crippen LogP contribution in [0, 0.1) is 20.8 Å². The Morgan fingerprint density at radius 2 is 1.72 bits per heavy atom. The number of nitrogens with zero attached hydrogens (tertiary/aromatic N) is 1. The van der Waals surface area contributed by atoms with Crippen molar-refractivity contribution in [3.8, 4) is 0 Å². The number of aromatic nitrogens is 1. The summed E-state index contributed by atoms with van der Waals surface area (Å²) < 4.78 is 1.73. The lowest BCUT2D eigenvalue weighted by atomic mass is 10.1. The number of benzene rings is 2. The molecule has 3 aromatic rings. The number of nitrogens with one attached hydrogen (secondary N) is 1. The molecule has 0 fully saturated rings. The summed E-state index contributed by atoms with van der Waals surface area (Å²) in [4.78, 5) is 0.319. The second kappa shape index (κ2) is 8.95. The van der Waals surface area contributed by atoms with Crippen LogP contribution in [0.4, 0.5) is 5.69 Å². The van der Waals surface area contributed by atoms with Gasteiger partial charge in [-0.25, -0.2) is 0 Å². The van der Waals surface area contributed by atoms with Gasteiger partial charge in [0.15, 0.2) is 17.4 Å². The van der Waals surface area contributed by atoms with Gasteiger partial charge in [-0.05, 0) is 73.6 Å². The average molecular weight is 443 g/mol. The number of hydrogen-bond donors (Lipinski definition) is 1. The molecule has 0 radical (unpaired) electrons. The second-order valence-corrected chi connectivity index (χ2v) is 8.07. The molecule has 148 valence electrons. The maximum atomic E-state index is 13.4. The molecule has 0 aliphatic carbocycles. The number of hydrogen-bond acceptors (Lipinski definition) is 2. The summed E-state index contributed by atoms with van der Waals surface area (Å²) in [7, 11) is 0. The van der Waals surface area contributed by atoms with E-state index in [9.17, 15) is 5.11 Å². The average Bonchev–Trinajstić information content (AvgIpc) is 2.67. The van der Waals surface area contributed by atoms with Crippen molar-refractivity contribution in [3.05, 3.63) is 93.2 Å². The summed E-state index contributed by atoms with van der Waals surface area (Å²) in [6, 6.07) is 14.6. The van der Waals surface area contributed by atoms with Crippen LogP contribution in [0.1, 0.15) is 22.3 Å². The van der Waals surface area contributed by atoms with E-state index in [-0.39, 0.29) is 5.76 Å². The molecule has 1 heterocycles. The predicted molar refractivity (Wildman–Crippen MR) is 123 cm³/mol. The Bertz CT molecular complexity index is 1130. The molecule has 0 atom stereocenters. The summed E-state index contributed by atoms with van der Waals surface area (Å²) in [5.41, 5.74) is 4.89. The topological polar surface area (TPSA) is 39.0 Å². The Hall–Kier alpha value is -2.40. The van der Waals surface area contributed by atoms with Crippen molar-refractivity contribution >= 4 is 57.6 Å². The van der Waals surface area contributed by atoms with Crippen molar-refractivity contribution in [2.75, 3.05) is 5.32 Å². The first kappa shape index (κ1) is 21.3. The Labute approximate surface area is 186 Å². The molecular formula is C23H20Cl2N2OS. The number of aryl methyl sites for hydroxylation is 3. The van der Waals surface area contributed by atoms with Crippen molar-refractivity contribution in [1.82, 2.24) is 0 Å². The highest BCUT2D eigenvalue weighted by atomic mass is 35.5. The lowest BCUT2D eigenvalue weighted by Gasteiger charge is -2.18. The van der Waals surface area contributed by atoms with Gasteiger partial charge < -0.3 is 10.4 Å². The summed E-state index contributed by atoms with van der Waals surface area (Å²) >= 11 is 17.8. The van der Waals surface area contributed by atoms with E-state index in [1.807, 2.05) is 57.3 Å². The molecule has 1 aromatic heterocycles. The molecule has 0 saturated carbocycles. The molecule has 0 saturated heterocycles. The Morgan fingerprint density at radius 3 is 2.38 bits per heavy atom. The maximum Gasteiger partial charge on any atom is 0.238 e. The molecule has 3 rings (SSSR count). The van der Waals surface area contributed by atoms with Crippen LogP contribution in [0.2, 0.25) is 10.0 Å². The van der Waals surface area contributed by atoms with Gasteiger partial charge in [0, 0.05) is 17.3 Å². The third-order valence-corrected chi connectivity index (χ3v) is 5.62. The van der Waals surface area contributed by atoms with Crippen LogP contribution >= 0.6 is 35.4 Å². The van der Waals surface area contributed by atoms with Gasteiger partial charge in [-0.15, -0.1) is 0 Å². The third-order valence-electron chi connectivity index (χ3n) is 4.58. The van der Waals surface area contributed by atoms with E-state index in [2.05, 4.69) is 5.32 Å². The second-order valence-electron chi connectivity index (χ2n) is 6.85. The Balaban J connectivity index is 2.10. The molecule has 0 spiro atoms. The minimum Gasteiger partial charge on any atom is -0.867 e. The zero-order valence-corrected chi connectivity index (χ0v) is 18.6. The fraction of sp³-hybridized carbons (Fsp3) is 0.130. The van der Waals surface area contributed by atoms with Gasteiger partial charge in [0.25, 0.3) is 0 Å². The quantitative estimate of drug-likeness (QED) is 0.256. The van der Waals surface area contributed by atoms with Crippen LogP contribution in [0.3, 0.4) is 0 Å². The Morgan fingerprint density at radius 1 is 0.966 bits per heavy atom. The van der Waals surface area contributed by atoms with Gasteiger partial charge in [-0.1, -0.05) is 47.6 Å². The molecule has 1 N–H and O–H groups in total. The van der Waals surface area contributed by atoms with Gasteiger partial charge >= 0.3 is 0 Å². The van der Waals surface area contributed by atoms with E-state index in [0.717, 1.165) is 16.8 Å². The highest BCUT2D eigenvalue weighted by Gasteiger charge is 2.19. The maximum absolute atomic E-state index is 13.4. The van der Waals surface area contributed by atoms with E-state index in [1.54, 1.807) is 29.0 Å². The first-order chi connectivity index (χ1) is 13.8. The first-order valence-corrected chi connectivity index (χ1v) is 10.2. The number of thiocarbonyl (C=S) groups is 1. The molecule has 2 aromatic carbocycles. The van der Waals surface area contributed by atoms with Crippen LogP contribution < -0.4 is 15.0 Å². The lowest BCUT2D eigenvalue weighted by molar-refractivity contribution is -0.578. The lowest BCUT2D eigenvalue weighted by Crippen LogP contribution is -2.40. The summed E-state index contributed by atoms with van der Waals surface area (Å²) in [6.45, 7) is 6.04. The van der Waals surface area contributed by atoms with Crippen LogP contribution in [0.25, 0.3) is 11.5 Å². The molecule has 0 unspecified atom stereocenters. The minimum absolute atomic E-state index is 0.250. The van der Waals surface area contributed by atoms with Crippen molar-refractivity contribution < 1.29 is 9.67 Å². The molecular weight excluding hydrogens is 423 g/mol. The SMILES string of the molecule is Cc1ccc[n+](/C(C(=S)Nc2ccc(C)c(C)c2)=C(/[O-])c2ccc(Cl)c(Cl)c2)c1. The van der Waals surface area contributed by atoms with Crippen LogP contribution in [-0.4, -0.2) is 4.99 Å². The van der Waals surface area contributed by atoms with Crippen LogP contribution in [0.15, 0.2) is 60.9 Å². The van der Waals surface area contributed by atoms with Gasteiger partial charge in [0.2, 0.25) is 5.70 Å². The highest BCUT2D eigenvalue weighted by Crippen LogP contribution is 2.26. The van der Waals surface area contributed by atoms with Gasteiger partial charge in [-0.2, -0.15) is 4.57 Å². The van der Waals surface area contributed by atoms with Crippen molar-refractivity contribution in [2.45, 2.75) is 20.8 Å². The molecule has 3 nitrogen and oxygen atoms in total. The van der Waals surface area contributed by atoms with Crippen molar-refractivity contribution in [2.24, 2.45) is 0 Å². The van der Waals surface area contributed by atoms with Gasteiger partial charge in [-0.3, -0.25) is 0 Å². The molecule has 0 aliphatic rings. The summed E-state index contributed by atoms with van der Waals surface area (Å²) in [6.07, 6.45) is 3.66. The van der Waals surface area contributed by atoms with Crippen molar-refractivity contribution in [3.63, 3.8) is 0 Å².